The molecule has 4 aromatic rings. The highest BCUT2D eigenvalue weighted by Crippen LogP contribution is 2.55. The number of carbonyl (C=O) groups is 1. The second kappa shape index (κ2) is 8.14. The van der Waals surface area contributed by atoms with Crippen molar-refractivity contribution in [2.45, 2.75) is 39.0 Å². The number of fused-ring (bicyclic) bond motifs is 4. The van der Waals surface area contributed by atoms with Crippen LogP contribution in [0.15, 0.2) is 72.6 Å². The van der Waals surface area contributed by atoms with Crippen molar-refractivity contribution in [1.82, 2.24) is 15.0 Å². The summed E-state index contributed by atoms with van der Waals surface area (Å²) >= 11 is 0. The standard InChI is InChI=1S/C31H25FN4O/c1-30(2)25-15-14-21-26(20-9-5-6-12-22(20)32)35-29(19-10-7-13-23-18(19)11-8-16-34-23)36-27(21)31(25,3)17-24(33-4)28(30)37/h5-13,16-17,25H,14-15H2,1-3H3/t25-,31-/m1/s1. The maximum Gasteiger partial charge on any atom is 0.226 e. The predicted molar refractivity (Wildman–Crippen MR) is 141 cm³/mol. The van der Waals surface area contributed by atoms with Crippen LogP contribution in [0.3, 0.4) is 0 Å². The summed E-state index contributed by atoms with van der Waals surface area (Å²) in [6.45, 7) is 13.6. The van der Waals surface area contributed by atoms with E-state index in [1.54, 1.807) is 30.5 Å². The second-order valence-corrected chi connectivity index (χ2v) is 10.6. The van der Waals surface area contributed by atoms with E-state index in [0.29, 0.717) is 29.9 Å². The van der Waals surface area contributed by atoms with Gasteiger partial charge in [-0.2, -0.15) is 0 Å². The van der Waals surface area contributed by atoms with Gasteiger partial charge in [-0.05, 0) is 43.0 Å². The Morgan fingerprint density at radius 2 is 1.78 bits per heavy atom. The Morgan fingerprint density at radius 1 is 1.00 bits per heavy atom. The van der Waals surface area contributed by atoms with E-state index in [0.717, 1.165) is 27.7 Å². The molecule has 0 spiro atoms. The summed E-state index contributed by atoms with van der Waals surface area (Å²) in [6, 6.07) is 16.3. The summed E-state index contributed by atoms with van der Waals surface area (Å²) in [6.07, 6.45) is 4.87. The van der Waals surface area contributed by atoms with Gasteiger partial charge >= 0.3 is 0 Å². The van der Waals surface area contributed by atoms with E-state index in [2.05, 4.69) is 16.8 Å². The summed E-state index contributed by atoms with van der Waals surface area (Å²) in [5.74, 6) is -0.0595. The van der Waals surface area contributed by atoms with E-state index in [-0.39, 0.29) is 23.2 Å². The first kappa shape index (κ1) is 23.2. The van der Waals surface area contributed by atoms with Crippen LogP contribution in [0.1, 0.15) is 38.4 Å². The van der Waals surface area contributed by atoms with Crippen molar-refractivity contribution in [3.8, 4) is 22.6 Å². The molecule has 0 N–H and O–H groups in total. The molecule has 0 radical (unpaired) electrons. The maximum absolute atomic E-state index is 15.2. The van der Waals surface area contributed by atoms with Gasteiger partial charge in [-0.25, -0.2) is 19.2 Å². The summed E-state index contributed by atoms with van der Waals surface area (Å²) < 4.78 is 15.2. The Labute approximate surface area is 214 Å². The molecule has 0 fully saturated rings. The van der Waals surface area contributed by atoms with Crippen molar-refractivity contribution in [2.24, 2.45) is 11.3 Å². The number of pyridine rings is 1. The van der Waals surface area contributed by atoms with Crippen molar-refractivity contribution >= 4 is 16.7 Å². The van der Waals surface area contributed by atoms with Crippen LogP contribution < -0.4 is 0 Å². The number of halogens is 1. The van der Waals surface area contributed by atoms with E-state index in [4.69, 9.17) is 16.5 Å². The molecule has 2 atom stereocenters. The first-order chi connectivity index (χ1) is 17.8. The SMILES string of the molecule is [C-]#[N+]C1=C[C@@]2(C)c3nc(-c4cccc5ncccc45)nc(-c4ccccc4F)c3CC[C@@H]2C(C)(C)C1=O. The molecular weight excluding hydrogens is 463 g/mol. The number of allylic oxidation sites excluding steroid dienone is 2. The molecule has 2 aromatic heterocycles. The zero-order chi connectivity index (χ0) is 25.9. The Morgan fingerprint density at radius 3 is 2.57 bits per heavy atom. The molecule has 0 unspecified atom stereocenters. The van der Waals surface area contributed by atoms with Crippen molar-refractivity contribution in [3.05, 3.63) is 101 Å². The van der Waals surface area contributed by atoms with Gasteiger partial charge < -0.3 is 4.79 Å². The minimum absolute atomic E-state index is 0.0593. The Hall–Kier alpha value is -4.24. The minimum atomic E-state index is -0.728. The average molecular weight is 489 g/mol. The van der Waals surface area contributed by atoms with Crippen molar-refractivity contribution < 1.29 is 9.18 Å². The first-order valence-corrected chi connectivity index (χ1v) is 12.4. The molecule has 0 aliphatic heterocycles. The highest BCUT2D eigenvalue weighted by Gasteiger charge is 2.55. The summed E-state index contributed by atoms with van der Waals surface area (Å²) in [5, 5.41) is 0.901. The van der Waals surface area contributed by atoms with Gasteiger partial charge in [0.15, 0.2) is 11.6 Å². The number of benzene rings is 2. The molecule has 0 saturated heterocycles. The summed E-state index contributed by atoms with van der Waals surface area (Å²) in [4.78, 5) is 31.4. The predicted octanol–water partition coefficient (Wildman–Crippen LogP) is 6.73. The second-order valence-electron chi connectivity index (χ2n) is 10.6. The molecule has 2 aliphatic rings. The van der Waals surface area contributed by atoms with E-state index >= 15 is 4.39 Å². The lowest BCUT2D eigenvalue weighted by Gasteiger charge is -2.50. The largest absolute Gasteiger partial charge is 0.307 e. The Balaban J connectivity index is 1.71. The van der Waals surface area contributed by atoms with Gasteiger partial charge in [0.25, 0.3) is 0 Å². The molecule has 5 nitrogen and oxygen atoms in total. The lowest BCUT2D eigenvalue weighted by atomic mass is 9.53. The fourth-order valence-corrected chi connectivity index (χ4v) is 6.41. The third-order valence-corrected chi connectivity index (χ3v) is 8.19. The van der Waals surface area contributed by atoms with Gasteiger partial charge in [-0.3, -0.25) is 4.98 Å². The maximum atomic E-state index is 15.2. The molecular formula is C31H25FN4O. The molecule has 2 aliphatic carbocycles. The van der Waals surface area contributed by atoms with Crippen LogP contribution in [0.5, 0.6) is 0 Å². The molecule has 0 saturated carbocycles. The topological polar surface area (TPSA) is 60.1 Å². The van der Waals surface area contributed by atoms with Gasteiger partial charge in [-0.15, -0.1) is 0 Å². The molecule has 2 aromatic carbocycles. The van der Waals surface area contributed by atoms with Crippen LogP contribution in [0.4, 0.5) is 4.39 Å². The zero-order valence-electron chi connectivity index (χ0n) is 20.9. The fourth-order valence-electron chi connectivity index (χ4n) is 6.41. The van der Waals surface area contributed by atoms with E-state index < -0.39 is 10.8 Å². The van der Waals surface area contributed by atoms with Crippen LogP contribution in [0.2, 0.25) is 0 Å². The van der Waals surface area contributed by atoms with Gasteiger partial charge in [0.1, 0.15) is 5.82 Å². The number of aromatic nitrogens is 3. The molecule has 37 heavy (non-hydrogen) atoms. The number of nitrogens with zero attached hydrogens (tertiary/aromatic N) is 4. The Bertz CT molecular complexity index is 1680. The number of hydrogen-bond acceptors (Lipinski definition) is 4. The summed E-state index contributed by atoms with van der Waals surface area (Å²) in [5.41, 5.74) is 2.95. The average Bonchev–Trinajstić information content (AvgIpc) is 2.90. The minimum Gasteiger partial charge on any atom is -0.307 e. The molecule has 6 rings (SSSR count). The third kappa shape index (κ3) is 3.34. The summed E-state index contributed by atoms with van der Waals surface area (Å²) in [7, 11) is 0. The third-order valence-electron chi connectivity index (χ3n) is 8.19. The number of rotatable bonds is 2. The molecule has 2 heterocycles. The van der Waals surface area contributed by atoms with Crippen LogP contribution >= 0.6 is 0 Å². The van der Waals surface area contributed by atoms with E-state index in [9.17, 15) is 4.79 Å². The quantitative estimate of drug-likeness (QED) is 0.294. The number of ketones is 1. The fraction of sp³-hybridized carbons (Fsp3) is 0.258. The van der Waals surface area contributed by atoms with Crippen LogP contribution in [0.25, 0.3) is 38.4 Å². The van der Waals surface area contributed by atoms with Crippen molar-refractivity contribution in [1.29, 1.82) is 0 Å². The normalized spacial score (nSPS) is 22.1. The van der Waals surface area contributed by atoms with Gasteiger partial charge in [0.2, 0.25) is 5.70 Å². The number of hydrogen-bond donors (Lipinski definition) is 0. The van der Waals surface area contributed by atoms with E-state index in [1.165, 1.54) is 6.07 Å². The van der Waals surface area contributed by atoms with Crippen LogP contribution in [-0.2, 0) is 16.6 Å². The van der Waals surface area contributed by atoms with Crippen LogP contribution in [0, 0.1) is 23.7 Å². The lowest BCUT2D eigenvalue weighted by Crippen LogP contribution is -2.51. The first-order valence-electron chi connectivity index (χ1n) is 12.4. The zero-order valence-corrected chi connectivity index (χ0v) is 20.9. The molecule has 0 amide bonds. The lowest BCUT2D eigenvalue weighted by molar-refractivity contribution is -0.128. The van der Waals surface area contributed by atoms with E-state index in [1.807, 2.05) is 44.2 Å². The van der Waals surface area contributed by atoms with Gasteiger partial charge in [0.05, 0.1) is 23.5 Å². The smallest absolute Gasteiger partial charge is 0.226 e. The monoisotopic (exact) mass is 488 g/mol. The Kier molecular flexibility index (Phi) is 5.10. The molecule has 182 valence electrons. The highest BCUT2D eigenvalue weighted by atomic mass is 19.1. The van der Waals surface area contributed by atoms with Crippen LogP contribution in [-0.4, -0.2) is 20.7 Å². The number of carbonyl (C=O) groups excluding carboxylic acids is 1. The number of Topliss-reactive ketones (excluding diaryl/α,β-unsaturated/α-hetero) is 1. The van der Waals surface area contributed by atoms with Gasteiger partial charge in [0, 0.05) is 39.1 Å². The molecule has 6 heteroatoms. The van der Waals surface area contributed by atoms with Crippen molar-refractivity contribution in [3.63, 3.8) is 0 Å². The molecule has 0 bridgehead atoms. The van der Waals surface area contributed by atoms with Crippen molar-refractivity contribution in [2.75, 3.05) is 0 Å². The van der Waals surface area contributed by atoms with Gasteiger partial charge in [-0.1, -0.05) is 57.2 Å². The highest BCUT2D eigenvalue weighted by molar-refractivity contribution is 6.03.